The van der Waals surface area contributed by atoms with Gasteiger partial charge < -0.3 is 20.3 Å². The maximum atomic E-state index is 9.47. The number of nitriles is 1. The van der Waals surface area contributed by atoms with Crippen molar-refractivity contribution in [1.82, 2.24) is 0 Å². The number of methoxy groups -OCH3 is 1. The van der Waals surface area contributed by atoms with Crippen LogP contribution in [0.2, 0.25) is 0 Å². The van der Waals surface area contributed by atoms with Crippen molar-refractivity contribution in [3.8, 4) is 17.6 Å². The Balaban J connectivity index is 2.82. The summed E-state index contributed by atoms with van der Waals surface area (Å²) in [5.74, 6) is 0.153. The van der Waals surface area contributed by atoms with Gasteiger partial charge in [0.05, 0.1) is 17.9 Å². The fourth-order valence-electron chi connectivity index (χ4n) is 1.03. The topological polar surface area (TPSA) is 88.5 Å². The fraction of sp³-hybridized carbons (Fsp3) is 0.300. The normalized spacial score (nSPS) is 9.60. The molecule has 0 aliphatic rings. The van der Waals surface area contributed by atoms with Crippen molar-refractivity contribution in [1.29, 1.82) is 5.26 Å². The quantitative estimate of drug-likeness (QED) is 0.435. The lowest BCUT2D eigenvalue weighted by Crippen LogP contribution is -2.05. The minimum atomic E-state index is -0.100. The van der Waals surface area contributed by atoms with Gasteiger partial charge in [0, 0.05) is 19.2 Å². The molecule has 0 atom stereocenters. The van der Waals surface area contributed by atoms with E-state index in [2.05, 4.69) is 0 Å². The second-order valence-corrected chi connectivity index (χ2v) is 2.86. The number of ether oxygens (including phenoxy) is 2. The van der Waals surface area contributed by atoms with Crippen LogP contribution in [0.15, 0.2) is 12.1 Å². The lowest BCUT2D eigenvalue weighted by molar-refractivity contribution is 0.144. The summed E-state index contributed by atoms with van der Waals surface area (Å²) in [6, 6.07) is 4.56. The summed E-state index contributed by atoms with van der Waals surface area (Å²) in [5.41, 5.74) is 6.07. The van der Waals surface area contributed by atoms with Gasteiger partial charge in [-0.2, -0.15) is 5.26 Å². The molecule has 1 rings (SSSR count). The maximum absolute atomic E-state index is 9.47. The Labute approximate surface area is 87.6 Å². The number of phenolic OH excluding ortho intramolecular Hbond substituents is 1. The molecule has 0 fully saturated rings. The van der Waals surface area contributed by atoms with Crippen molar-refractivity contribution in [2.24, 2.45) is 0 Å². The van der Waals surface area contributed by atoms with Crippen LogP contribution in [0.4, 0.5) is 5.69 Å². The Bertz CT molecular complexity index is 385. The van der Waals surface area contributed by atoms with Crippen LogP contribution in [-0.2, 0) is 4.74 Å². The van der Waals surface area contributed by atoms with E-state index in [0.29, 0.717) is 13.2 Å². The minimum absolute atomic E-state index is 0.100. The molecule has 0 amide bonds. The van der Waals surface area contributed by atoms with Crippen LogP contribution in [0.1, 0.15) is 5.56 Å². The van der Waals surface area contributed by atoms with Gasteiger partial charge in [-0.1, -0.05) is 0 Å². The summed E-state index contributed by atoms with van der Waals surface area (Å²) in [6.45, 7) is 0.731. The van der Waals surface area contributed by atoms with Crippen molar-refractivity contribution in [3.05, 3.63) is 17.7 Å². The molecule has 0 spiro atoms. The van der Waals surface area contributed by atoms with Crippen LogP contribution < -0.4 is 10.5 Å². The number of benzene rings is 1. The first-order valence-electron chi connectivity index (χ1n) is 4.33. The predicted octanol–water partition coefficient (Wildman–Crippen LogP) is 0.871. The monoisotopic (exact) mass is 208 g/mol. The van der Waals surface area contributed by atoms with E-state index in [-0.39, 0.29) is 22.7 Å². The number of nitrogen functional groups attached to an aromatic ring is 1. The molecule has 0 bridgehead atoms. The van der Waals surface area contributed by atoms with Gasteiger partial charge in [-0.15, -0.1) is 0 Å². The van der Waals surface area contributed by atoms with Crippen LogP contribution in [0.3, 0.4) is 0 Å². The van der Waals surface area contributed by atoms with E-state index in [1.165, 1.54) is 12.1 Å². The Hall–Kier alpha value is -1.93. The van der Waals surface area contributed by atoms with Crippen molar-refractivity contribution in [2.45, 2.75) is 0 Å². The third-order valence-electron chi connectivity index (χ3n) is 1.80. The molecular formula is C10H12N2O3. The molecule has 3 N–H and O–H groups in total. The number of hydrogen-bond acceptors (Lipinski definition) is 5. The molecule has 5 nitrogen and oxygen atoms in total. The molecule has 0 radical (unpaired) electrons. The largest absolute Gasteiger partial charge is 0.504 e. The maximum Gasteiger partial charge on any atom is 0.163 e. The van der Waals surface area contributed by atoms with E-state index in [0.717, 1.165) is 0 Å². The second kappa shape index (κ2) is 5.08. The van der Waals surface area contributed by atoms with E-state index >= 15 is 0 Å². The standard InChI is InChI=1S/C10H12N2O3/c1-14-2-3-15-10-5-8(12)7(6-11)4-9(10)13/h4-5,13H,2-3,12H2,1H3. The van der Waals surface area contributed by atoms with E-state index in [1.807, 2.05) is 6.07 Å². The summed E-state index contributed by atoms with van der Waals surface area (Å²) < 4.78 is 9.98. The minimum Gasteiger partial charge on any atom is -0.504 e. The number of hydrogen-bond donors (Lipinski definition) is 2. The van der Waals surface area contributed by atoms with Crippen LogP contribution in [-0.4, -0.2) is 25.4 Å². The third-order valence-corrected chi connectivity index (χ3v) is 1.80. The lowest BCUT2D eigenvalue weighted by Gasteiger charge is -2.08. The number of nitrogens with two attached hydrogens (primary N) is 1. The fourth-order valence-corrected chi connectivity index (χ4v) is 1.03. The molecule has 0 aliphatic carbocycles. The van der Waals surface area contributed by atoms with Gasteiger partial charge in [0.15, 0.2) is 11.5 Å². The van der Waals surface area contributed by atoms with Crippen molar-refractivity contribution >= 4 is 5.69 Å². The van der Waals surface area contributed by atoms with Crippen LogP contribution in [0.25, 0.3) is 0 Å². The zero-order valence-corrected chi connectivity index (χ0v) is 8.36. The van der Waals surface area contributed by atoms with E-state index in [4.69, 9.17) is 20.5 Å². The molecule has 15 heavy (non-hydrogen) atoms. The SMILES string of the molecule is COCCOc1cc(N)c(C#N)cc1O. The highest BCUT2D eigenvalue weighted by Crippen LogP contribution is 2.30. The Morgan fingerprint density at radius 3 is 2.80 bits per heavy atom. The zero-order valence-electron chi connectivity index (χ0n) is 8.36. The van der Waals surface area contributed by atoms with Gasteiger partial charge in [-0.05, 0) is 0 Å². The van der Waals surface area contributed by atoms with Gasteiger partial charge in [-0.3, -0.25) is 0 Å². The van der Waals surface area contributed by atoms with Gasteiger partial charge in [-0.25, -0.2) is 0 Å². The Kier molecular flexibility index (Phi) is 3.77. The molecule has 1 aromatic carbocycles. The highest BCUT2D eigenvalue weighted by atomic mass is 16.5. The van der Waals surface area contributed by atoms with Gasteiger partial charge >= 0.3 is 0 Å². The second-order valence-electron chi connectivity index (χ2n) is 2.86. The summed E-state index contributed by atoms with van der Waals surface area (Å²) >= 11 is 0. The average molecular weight is 208 g/mol. The number of rotatable bonds is 4. The van der Waals surface area contributed by atoms with Crippen LogP contribution in [0.5, 0.6) is 11.5 Å². The third kappa shape index (κ3) is 2.76. The summed E-state index contributed by atoms with van der Waals surface area (Å²) in [4.78, 5) is 0. The molecule has 0 aromatic heterocycles. The molecule has 0 saturated carbocycles. The molecule has 1 aromatic rings. The Morgan fingerprint density at radius 2 is 2.20 bits per heavy atom. The van der Waals surface area contributed by atoms with Crippen LogP contribution >= 0.6 is 0 Å². The van der Waals surface area contributed by atoms with Gasteiger partial charge in [0.1, 0.15) is 12.7 Å². The lowest BCUT2D eigenvalue weighted by atomic mass is 10.2. The molecule has 0 aliphatic heterocycles. The number of phenols is 1. The molecule has 5 heteroatoms. The number of aromatic hydroxyl groups is 1. The zero-order chi connectivity index (χ0) is 11.3. The predicted molar refractivity (Wildman–Crippen MR) is 54.6 cm³/mol. The van der Waals surface area contributed by atoms with Gasteiger partial charge in [0.25, 0.3) is 0 Å². The first-order valence-corrected chi connectivity index (χ1v) is 4.33. The average Bonchev–Trinajstić information content (AvgIpc) is 2.23. The van der Waals surface area contributed by atoms with E-state index in [1.54, 1.807) is 7.11 Å². The molecule has 0 unspecified atom stereocenters. The first-order chi connectivity index (χ1) is 7.19. The number of anilines is 1. The van der Waals surface area contributed by atoms with Crippen LogP contribution in [0, 0.1) is 11.3 Å². The van der Waals surface area contributed by atoms with Crippen molar-refractivity contribution in [2.75, 3.05) is 26.1 Å². The van der Waals surface area contributed by atoms with E-state index in [9.17, 15) is 5.11 Å². The van der Waals surface area contributed by atoms with E-state index < -0.39 is 0 Å². The Morgan fingerprint density at radius 1 is 1.47 bits per heavy atom. The highest BCUT2D eigenvalue weighted by Gasteiger charge is 2.07. The summed E-state index contributed by atoms with van der Waals surface area (Å²) in [7, 11) is 1.55. The van der Waals surface area contributed by atoms with Crippen molar-refractivity contribution in [3.63, 3.8) is 0 Å². The molecule has 0 saturated heterocycles. The summed E-state index contributed by atoms with van der Waals surface area (Å²) in [5, 5.41) is 18.1. The molecule has 0 heterocycles. The summed E-state index contributed by atoms with van der Waals surface area (Å²) in [6.07, 6.45) is 0. The first kappa shape index (κ1) is 11.1. The molecular weight excluding hydrogens is 196 g/mol. The number of nitrogens with zero attached hydrogens (tertiary/aromatic N) is 1. The smallest absolute Gasteiger partial charge is 0.163 e. The van der Waals surface area contributed by atoms with Gasteiger partial charge in [0.2, 0.25) is 0 Å². The molecule has 80 valence electrons. The van der Waals surface area contributed by atoms with Crippen molar-refractivity contribution < 1.29 is 14.6 Å². The highest BCUT2D eigenvalue weighted by molar-refractivity contribution is 5.61.